The number of hydrogen-bond donors (Lipinski definition) is 0. The average molecular weight is 260 g/mol. The largest absolute Gasteiger partial charge is 0.540 e. The number of ether oxygens (including phenoxy) is 1. The lowest BCUT2D eigenvalue weighted by atomic mass is 10.0. The highest BCUT2D eigenvalue weighted by Gasteiger charge is 2.09. The van der Waals surface area contributed by atoms with Crippen molar-refractivity contribution in [3.8, 4) is 0 Å². The van der Waals surface area contributed by atoms with E-state index in [1.54, 1.807) is 0 Å². The molecule has 0 spiro atoms. The van der Waals surface area contributed by atoms with Gasteiger partial charge in [-0.1, -0.05) is 52.9 Å². The van der Waals surface area contributed by atoms with Gasteiger partial charge in [0.15, 0.2) is 0 Å². The summed E-state index contributed by atoms with van der Waals surface area (Å²) in [5.41, 5.74) is 0. The van der Waals surface area contributed by atoms with E-state index in [1.807, 2.05) is 0 Å². The molecule has 1 unspecified atom stereocenters. The highest BCUT2D eigenvalue weighted by atomic mass is 17.2. The minimum atomic E-state index is -0.726. The molecule has 0 aliphatic heterocycles. The minimum Gasteiger partial charge on any atom is -0.432 e. The van der Waals surface area contributed by atoms with Crippen LogP contribution in [0.5, 0.6) is 0 Å². The second kappa shape index (κ2) is 12.7. The summed E-state index contributed by atoms with van der Waals surface area (Å²) in [6.45, 7) is 7.25. The van der Waals surface area contributed by atoms with Gasteiger partial charge in [-0.05, 0) is 18.8 Å². The normalized spacial score (nSPS) is 12.2. The maximum absolute atomic E-state index is 11.1. The Kier molecular flexibility index (Phi) is 12.1. The molecule has 0 fully saturated rings. The van der Waals surface area contributed by atoms with Crippen LogP contribution < -0.4 is 0 Å². The number of hydrogen-bond acceptors (Lipinski definition) is 4. The summed E-state index contributed by atoms with van der Waals surface area (Å²) in [7, 11) is 0. The fourth-order valence-corrected chi connectivity index (χ4v) is 1.61. The Morgan fingerprint density at radius 2 is 1.78 bits per heavy atom. The van der Waals surface area contributed by atoms with Crippen LogP contribution in [-0.4, -0.2) is 19.4 Å². The molecule has 0 saturated carbocycles. The van der Waals surface area contributed by atoms with Crippen LogP contribution in [0.3, 0.4) is 0 Å². The van der Waals surface area contributed by atoms with Crippen LogP contribution in [0.4, 0.5) is 4.79 Å². The predicted molar refractivity (Wildman–Crippen MR) is 71.2 cm³/mol. The lowest BCUT2D eigenvalue weighted by molar-refractivity contribution is -0.262. The van der Waals surface area contributed by atoms with E-state index in [0.29, 0.717) is 19.1 Å². The van der Waals surface area contributed by atoms with Gasteiger partial charge in [0.05, 0.1) is 13.2 Å². The zero-order valence-electron chi connectivity index (χ0n) is 12.1. The summed E-state index contributed by atoms with van der Waals surface area (Å²) in [5, 5.41) is 0. The molecule has 4 nitrogen and oxygen atoms in total. The summed E-state index contributed by atoms with van der Waals surface area (Å²) in [5.74, 6) is 0.456. The topological polar surface area (TPSA) is 44.8 Å². The highest BCUT2D eigenvalue weighted by Crippen LogP contribution is 2.13. The first kappa shape index (κ1) is 17.2. The Hall–Kier alpha value is -0.770. The fourth-order valence-electron chi connectivity index (χ4n) is 1.61. The second-order valence-electron chi connectivity index (χ2n) is 4.59. The van der Waals surface area contributed by atoms with Crippen molar-refractivity contribution in [2.75, 3.05) is 13.2 Å². The Bertz CT molecular complexity index is 194. The van der Waals surface area contributed by atoms with E-state index in [2.05, 4.69) is 25.7 Å². The first-order valence-electron chi connectivity index (χ1n) is 7.20. The molecule has 0 radical (unpaired) electrons. The van der Waals surface area contributed by atoms with Gasteiger partial charge in [0, 0.05) is 0 Å². The summed E-state index contributed by atoms with van der Waals surface area (Å²) >= 11 is 0. The highest BCUT2D eigenvalue weighted by molar-refractivity contribution is 5.58. The molecule has 4 heteroatoms. The Labute approximate surface area is 111 Å². The smallest absolute Gasteiger partial charge is 0.432 e. The molecule has 0 amide bonds. The molecule has 0 aliphatic carbocycles. The molecule has 0 N–H and O–H groups in total. The van der Waals surface area contributed by atoms with Crippen LogP contribution in [0, 0.1) is 5.92 Å². The van der Waals surface area contributed by atoms with Crippen LogP contribution in [0.2, 0.25) is 0 Å². The van der Waals surface area contributed by atoms with Crippen molar-refractivity contribution in [2.24, 2.45) is 5.92 Å². The molecule has 0 bridgehead atoms. The van der Waals surface area contributed by atoms with Gasteiger partial charge in [-0.2, -0.15) is 4.89 Å². The monoisotopic (exact) mass is 260 g/mol. The fraction of sp³-hybridized carbons (Fsp3) is 0.929. The van der Waals surface area contributed by atoms with Crippen LogP contribution in [0.25, 0.3) is 0 Å². The Morgan fingerprint density at radius 1 is 1.06 bits per heavy atom. The molecular weight excluding hydrogens is 232 g/mol. The minimum absolute atomic E-state index is 0.406. The Morgan fingerprint density at radius 3 is 2.39 bits per heavy atom. The van der Waals surface area contributed by atoms with E-state index >= 15 is 0 Å². The summed E-state index contributed by atoms with van der Waals surface area (Å²) in [6, 6.07) is 0. The van der Waals surface area contributed by atoms with Gasteiger partial charge in [0.2, 0.25) is 0 Å². The zero-order valence-corrected chi connectivity index (χ0v) is 12.1. The molecule has 0 aliphatic rings. The number of carbonyl (C=O) groups excluding carboxylic acids is 1. The third kappa shape index (κ3) is 10.4. The van der Waals surface area contributed by atoms with E-state index in [-0.39, 0.29) is 0 Å². The summed E-state index contributed by atoms with van der Waals surface area (Å²) in [4.78, 5) is 20.6. The number of unbranched alkanes of at least 4 members (excludes halogenated alkanes) is 3. The SMILES string of the molecule is CCCCCOC(=O)OOCC(CC)CCCC. The predicted octanol–water partition coefficient (Wildman–Crippen LogP) is 4.48. The third-order valence-corrected chi connectivity index (χ3v) is 2.94. The van der Waals surface area contributed by atoms with Crippen molar-refractivity contribution in [3.63, 3.8) is 0 Å². The van der Waals surface area contributed by atoms with E-state index in [0.717, 1.165) is 32.1 Å². The van der Waals surface area contributed by atoms with Crippen LogP contribution in [-0.2, 0) is 14.5 Å². The maximum atomic E-state index is 11.1. The van der Waals surface area contributed by atoms with Crippen molar-refractivity contribution in [3.05, 3.63) is 0 Å². The zero-order chi connectivity index (χ0) is 13.6. The second-order valence-corrected chi connectivity index (χ2v) is 4.59. The molecule has 108 valence electrons. The van der Waals surface area contributed by atoms with Gasteiger partial charge in [-0.25, -0.2) is 4.79 Å². The molecule has 1 atom stereocenters. The molecule has 0 heterocycles. The summed E-state index contributed by atoms with van der Waals surface area (Å²) in [6.07, 6.45) is 6.82. The summed E-state index contributed by atoms with van der Waals surface area (Å²) < 4.78 is 4.85. The van der Waals surface area contributed by atoms with Crippen LogP contribution >= 0.6 is 0 Å². The van der Waals surface area contributed by atoms with Crippen LogP contribution in [0.1, 0.15) is 65.7 Å². The van der Waals surface area contributed by atoms with Gasteiger partial charge in [0.1, 0.15) is 0 Å². The first-order chi connectivity index (χ1) is 8.74. The quantitative estimate of drug-likeness (QED) is 0.238. The van der Waals surface area contributed by atoms with Crippen molar-refractivity contribution >= 4 is 6.16 Å². The molecule has 0 saturated heterocycles. The lowest BCUT2D eigenvalue weighted by Gasteiger charge is -2.13. The lowest BCUT2D eigenvalue weighted by Crippen LogP contribution is -2.14. The van der Waals surface area contributed by atoms with Gasteiger partial charge in [-0.3, -0.25) is 4.89 Å². The number of rotatable bonds is 11. The van der Waals surface area contributed by atoms with Crippen molar-refractivity contribution in [1.82, 2.24) is 0 Å². The molecule has 0 aromatic heterocycles. The van der Waals surface area contributed by atoms with Crippen molar-refractivity contribution in [2.45, 2.75) is 65.7 Å². The van der Waals surface area contributed by atoms with E-state index in [9.17, 15) is 4.79 Å². The van der Waals surface area contributed by atoms with E-state index < -0.39 is 6.16 Å². The van der Waals surface area contributed by atoms with E-state index in [4.69, 9.17) is 9.62 Å². The molecule has 0 aromatic carbocycles. The first-order valence-corrected chi connectivity index (χ1v) is 7.20. The maximum Gasteiger partial charge on any atom is 0.540 e. The van der Waals surface area contributed by atoms with Gasteiger partial charge >= 0.3 is 6.16 Å². The van der Waals surface area contributed by atoms with Crippen LogP contribution in [0.15, 0.2) is 0 Å². The standard InChI is InChI=1S/C14H28O4/c1-4-7-9-11-16-14(15)18-17-12-13(6-3)10-8-5-2/h13H,4-12H2,1-3H3. The molecule has 0 aromatic rings. The van der Waals surface area contributed by atoms with E-state index in [1.165, 1.54) is 12.8 Å². The Balaban J connectivity index is 3.47. The molecule has 18 heavy (non-hydrogen) atoms. The van der Waals surface area contributed by atoms with Gasteiger partial charge < -0.3 is 4.74 Å². The molecule has 0 rings (SSSR count). The average Bonchev–Trinajstić information content (AvgIpc) is 2.38. The third-order valence-electron chi connectivity index (χ3n) is 2.94. The number of carbonyl (C=O) groups is 1. The molecular formula is C14H28O4. The van der Waals surface area contributed by atoms with Gasteiger partial charge in [-0.15, -0.1) is 0 Å². The van der Waals surface area contributed by atoms with Gasteiger partial charge in [0.25, 0.3) is 0 Å². The van der Waals surface area contributed by atoms with Crippen molar-refractivity contribution < 1.29 is 19.3 Å². The van der Waals surface area contributed by atoms with Crippen molar-refractivity contribution in [1.29, 1.82) is 0 Å².